The molecular formula is C19H16N4OS3. The van der Waals surface area contributed by atoms with Gasteiger partial charge in [-0.25, -0.2) is 4.98 Å². The molecule has 4 aromatic rings. The van der Waals surface area contributed by atoms with Gasteiger partial charge in [0.25, 0.3) is 0 Å². The quantitative estimate of drug-likeness (QED) is 0.341. The molecule has 5 nitrogen and oxygen atoms in total. The Morgan fingerprint density at radius 2 is 1.81 bits per heavy atom. The van der Waals surface area contributed by atoms with Crippen molar-refractivity contribution in [3.63, 3.8) is 0 Å². The molecule has 0 atom stereocenters. The third-order valence-electron chi connectivity index (χ3n) is 3.76. The molecule has 0 saturated carbocycles. The number of carbonyl (C=O) groups excluding carboxylic acids is 1. The second-order valence-electron chi connectivity index (χ2n) is 5.77. The monoisotopic (exact) mass is 412 g/mol. The summed E-state index contributed by atoms with van der Waals surface area (Å²) in [6.07, 6.45) is 1.01. The molecule has 27 heavy (non-hydrogen) atoms. The summed E-state index contributed by atoms with van der Waals surface area (Å²) in [6, 6.07) is 18.2. The molecule has 0 saturated heterocycles. The maximum Gasteiger partial charge on any atom is 0.226 e. The average molecular weight is 413 g/mol. The van der Waals surface area contributed by atoms with Crippen LogP contribution in [0.1, 0.15) is 17.0 Å². The van der Waals surface area contributed by atoms with Gasteiger partial charge in [-0.3, -0.25) is 4.79 Å². The van der Waals surface area contributed by atoms with Gasteiger partial charge in [0.05, 0.1) is 15.2 Å². The number of benzene rings is 2. The van der Waals surface area contributed by atoms with Crippen molar-refractivity contribution in [2.45, 2.75) is 22.9 Å². The SMILES string of the molecule is O=C(CCc1nc2ccccc2s1)Nc1nnc(SCc2ccccc2)s1. The largest absolute Gasteiger partial charge is 0.300 e. The summed E-state index contributed by atoms with van der Waals surface area (Å²) in [7, 11) is 0. The zero-order valence-corrected chi connectivity index (χ0v) is 16.7. The number of carbonyl (C=O) groups is 1. The van der Waals surface area contributed by atoms with Crippen molar-refractivity contribution in [2.24, 2.45) is 0 Å². The summed E-state index contributed by atoms with van der Waals surface area (Å²) in [5.74, 6) is 0.770. The molecule has 0 aliphatic heterocycles. The lowest BCUT2D eigenvalue weighted by Gasteiger charge is -1.99. The minimum absolute atomic E-state index is 0.0648. The second kappa shape index (κ2) is 8.60. The Morgan fingerprint density at radius 3 is 2.67 bits per heavy atom. The molecule has 1 N–H and O–H groups in total. The number of thioether (sulfide) groups is 1. The van der Waals surface area contributed by atoms with E-state index in [9.17, 15) is 4.79 Å². The first kappa shape index (κ1) is 18.1. The standard InChI is InChI=1S/C19H16N4OS3/c24-16(10-11-17-20-14-8-4-5-9-15(14)26-17)21-18-22-23-19(27-18)25-12-13-6-2-1-3-7-13/h1-9H,10-12H2,(H,21,22,24). The summed E-state index contributed by atoms with van der Waals surface area (Å²) in [5, 5.41) is 12.5. The summed E-state index contributed by atoms with van der Waals surface area (Å²) in [5.41, 5.74) is 2.22. The number of nitrogens with one attached hydrogen (secondary N) is 1. The number of para-hydroxylation sites is 1. The van der Waals surface area contributed by atoms with Crippen LogP contribution in [0.25, 0.3) is 10.2 Å². The number of aryl methyl sites for hydroxylation is 1. The number of nitrogens with zero attached hydrogens (tertiary/aromatic N) is 3. The van der Waals surface area contributed by atoms with E-state index in [1.165, 1.54) is 16.9 Å². The summed E-state index contributed by atoms with van der Waals surface area (Å²) in [4.78, 5) is 16.7. The second-order valence-corrected chi connectivity index (χ2v) is 9.09. The van der Waals surface area contributed by atoms with Gasteiger partial charge in [-0.15, -0.1) is 21.5 Å². The molecule has 0 aliphatic rings. The maximum absolute atomic E-state index is 12.2. The lowest BCUT2D eigenvalue weighted by atomic mass is 10.2. The van der Waals surface area contributed by atoms with E-state index >= 15 is 0 Å². The van der Waals surface area contributed by atoms with Crippen LogP contribution < -0.4 is 5.32 Å². The van der Waals surface area contributed by atoms with E-state index in [1.807, 2.05) is 42.5 Å². The highest BCUT2D eigenvalue weighted by Gasteiger charge is 2.11. The minimum atomic E-state index is -0.0648. The average Bonchev–Trinajstić information content (AvgIpc) is 3.32. The van der Waals surface area contributed by atoms with E-state index in [4.69, 9.17) is 0 Å². The van der Waals surface area contributed by atoms with Gasteiger partial charge in [0.15, 0.2) is 4.34 Å². The van der Waals surface area contributed by atoms with Crippen LogP contribution in [0, 0.1) is 0 Å². The Kier molecular flexibility index (Phi) is 5.76. The van der Waals surface area contributed by atoms with Gasteiger partial charge in [-0.2, -0.15) is 0 Å². The number of aromatic nitrogens is 3. The number of rotatable bonds is 7. The van der Waals surface area contributed by atoms with Crippen LogP contribution in [0.5, 0.6) is 0 Å². The highest BCUT2D eigenvalue weighted by Crippen LogP contribution is 2.28. The van der Waals surface area contributed by atoms with Crippen LogP contribution in [0.4, 0.5) is 5.13 Å². The number of fused-ring (bicyclic) bond motifs is 1. The molecule has 4 rings (SSSR count). The van der Waals surface area contributed by atoms with Gasteiger partial charge < -0.3 is 5.32 Å². The molecule has 1 amide bonds. The lowest BCUT2D eigenvalue weighted by Crippen LogP contribution is -2.12. The van der Waals surface area contributed by atoms with E-state index in [1.54, 1.807) is 23.1 Å². The first-order valence-corrected chi connectivity index (χ1v) is 11.0. The number of amides is 1. The van der Waals surface area contributed by atoms with Crippen LogP contribution in [-0.2, 0) is 17.0 Å². The topological polar surface area (TPSA) is 67.8 Å². The fourth-order valence-electron chi connectivity index (χ4n) is 2.47. The Labute approximate surface area is 168 Å². The normalized spacial score (nSPS) is 11.0. The van der Waals surface area contributed by atoms with Crippen molar-refractivity contribution >= 4 is 55.7 Å². The van der Waals surface area contributed by atoms with Crippen molar-refractivity contribution in [1.82, 2.24) is 15.2 Å². The molecule has 2 aromatic heterocycles. The Morgan fingerprint density at radius 1 is 1.00 bits per heavy atom. The smallest absolute Gasteiger partial charge is 0.226 e. The molecular weight excluding hydrogens is 396 g/mol. The van der Waals surface area contributed by atoms with Crippen LogP contribution in [-0.4, -0.2) is 21.1 Å². The van der Waals surface area contributed by atoms with Crippen molar-refractivity contribution in [2.75, 3.05) is 5.32 Å². The van der Waals surface area contributed by atoms with E-state index in [-0.39, 0.29) is 5.91 Å². The van der Waals surface area contributed by atoms with E-state index in [2.05, 4.69) is 32.6 Å². The molecule has 0 radical (unpaired) electrons. The molecule has 0 unspecified atom stereocenters. The van der Waals surface area contributed by atoms with E-state index in [0.29, 0.717) is 18.0 Å². The minimum Gasteiger partial charge on any atom is -0.300 e. The zero-order chi connectivity index (χ0) is 18.5. The van der Waals surface area contributed by atoms with Gasteiger partial charge in [0, 0.05) is 18.6 Å². The number of anilines is 1. The molecule has 8 heteroatoms. The Balaban J connectivity index is 1.27. The van der Waals surface area contributed by atoms with Gasteiger partial charge in [-0.05, 0) is 17.7 Å². The Hall–Kier alpha value is -2.29. The first-order valence-electron chi connectivity index (χ1n) is 8.41. The molecule has 0 fully saturated rings. The molecule has 0 spiro atoms. The lowest BCUT2D eigenvalue weighted by molar-refractivity contribution is -0.116. The molecule has 0 bridgehead atoms. The summed E-state index contributed by atoms with van der Waals surface area (Å²) >= 11 is 4.66. The van der Waals surface area contributed by atoms with Gasteiger partial charge in [-0.1, -0.05) is 65.6 Å². The summed E-state index contributed by atoms with van der Waals surface area (Å²) < 4.78 is 2.00. The predicted octanol–water partition coefficient (Wildman–Crippen LogP) is 5.01. The fraction of sp³-hybridized carbons (Fsp3) is 0.158. The molecule has 2 heterocycles. The van der Waals surface area contributed by atoms with Gasteiger partial charge in [0.1, 0.15) is 0 Å². The highest BCUT2D eigenvalue weighted by molar-refractivity contribution is 8.00. The molecule has 0 aliphatic carbocycles. The van der Waals surface area contributed by atoms with Gasteiger partial charge in [0.2, 0.25) is 11.0 Å². The van der Waals surface area contributed by atoms with Crippen LogP contribution in [0.15, 0.2) is 58.9 Å². The molecule has 2 aromatic carbocycles. The predicted molar refractivity (Wildman–Crippen MR) is 112 cm³/mol. The third kappa shape index (κ3) is 4.91. The van der Waals surface area contributed by atoms with Crippen molar-refractivity contribution in [3.8, 4) is 0 Å². The highest BCUT2D eigenvalue weighted by atomic mass is 32.2. The summed E-state index contributed by atoms with van der Waals surface area (Å²) in [6.45, 7) is 0. The fourth-order valence-corrected chi connectivity index (χ4v) is 5.16. The van der Waals surface area contributed by atoms with Crippen molar-refractivity contribution < 1.29 is 4.79 Å². The van der Waals surface area contributed by atoms with E-state index < -0.39 is 0 Å². The van der Waals surface area contributed by atoms with Crippen molar-refractivity contribution in [1.29, 1.82) is 0 Å². The number of thiazole rings is 1. The van der Waals surface area contributed by atoms with Crippen molar-refractivity contribution in [3.05, 3.63) is 65.2 Å². The number of hydrogen-bond donors (Lipinski definition) is 1. The van der Waals surface area contributed by atoms with E-state index in [0.717, 1.165) is 25.3 Å². The van der Waals surface area contributed by atoms with Gasteiger partial charge >= 0.3 is 0 Å². The zero-order valence-electron chi connectivity index (χ0n) is 14.3. The van der Waals surface area contributed by atoms with Crippen LogP contribution in [0.3, 0.4) is 0 Å². The maximum atomic E-state index is 12.2. The first-order chi connectivity index (χ1) is 13.3. The Bertz CT molecular complexity index is 1010. The van der Waals surface area contributed by atoms with Crippen LogP contribution in [0.2, 0.25) is 0 Å². The van der Waals surface area contributed by atoms with Crippen LogP contribution >= 0.6 is 34.4 Å². The number of hydrogen-bond acceptors (Lipinski definition) is 7. The third-order valence-corrected chi connectivity index (χ3v) is 6.90. The molecule has 136 valence electrons.